The summed E-state index contributed by atoms with van der Waals surface area (Å²) in [4.78, 5) is 28.3. The fraction of sp³-hybridized carbons (Fsp3) is 0.600. The molecular formula is C15H22N2O3S. The van der Waals surface area contributed by atoms with Crippen molar-refractivity contribution in [3.63, 3.8) is 0 Å². The summed E-state index contributed by atoms with van der Waals surface area (Å²) in [5, 5.41) is 10.9. The molecule has 1 heterocycles. The number of amides is 2. The van der Waals surface area contributed by atoms with Gasteiger partial charge in [-0.05, 0) is 38.1 Å². The molecule has 2 amide bonds. The van der Waals surface area contributed by atoms with Gasteiger partial charge in [0.2, 0.25) is 0 Å². The fourth-order valence-corrected chi connectivity index (χ4v) is 2.97. The van der Waals surface area contributed by atoms with Crippen LogP contribution in [0.15, 0.2) is 17.5 Å². The highest BCUT2D eigenvalue weighted by molar-refractivity contribution is 7.09. The van der Waals surface area contributed by atoms with Gasteiger partial charge in [-0.2, -0.15) is 0 Å². The van der Waals surface area contributed by atoms with Crippen LogP contribution in [-0.2, 0) is 11.3 Å². The molecule has 1 aliphatic carbocycles. The van der Waals surface area contributed by atoms with Gasteiger partial charge in [-0.25, -0.2) is 4.79 Å². The van der Waals surface area contributed by atoms with E-state index in [4.69, 9.17) is 5.11 Å². The van der Waals surface area contributed by atoms with Crippen LogP contribution in [0.25, 0.3) is 0 Å². The Morgan fingerprint density at radius 3 is 2.62 bits per heavy atom. The molecule has 0 bridgehead atoms. The Bertz CT molecular complexity index is 483. The number of rotatable bonds is 7. The number of hydrogen-bond donors (Lipinski definition) is 1. The normalized spacial score (nSPS) is 14.2. The van der Waals surface area contributed by atoms with Gasteiger partial charge in [0, 0.05) is 23.5 Å². The molecule has 116 valence electrons. The molecule has 0 atom stereocenters. The Morgan fingerprint density at radius 1 is 1.43 bits per heavy atom. The van der Waals surface area contributed by atoms with Crippen LogP contribution < -0.4 is 0 Å². The molecule has 0 unspecified atom stereocenters. The van der Waals surface area contributed by atoms with Crippen LogP contribution in [0, 0.1) is 0 Å². The highest BCUT2D eigenvalue weighted by atomic mass is 32.1. The molecule has 0 aliphatic heterocycles. The maximum atomic E-state index is 12.8. The lowest BCUT2D eigenvalue weighted by atomic mass is 10.3. The van der Waals surface area contributed by atoms with Gasteiger partial charge >= 0.3 is 12.0 Å². The molecule has 6 heteroatoms. The van der Waals surface area contributed by atoms with Crippen LogP contribution in [0.2, 0.25) is 0 Å². The maximum Gasteiger partial charge on any atom is 0.320 e. The molecule has 1 aromatic rings. The first-order valence-electron chi connectivity index (χ1n) is 7.30. The number of thiophene rings is 1. The molecule has 1 aromatic heterocycles. The second kappa shape index (κ2) is 6.93. The van der Waals surface area contributed by atoms with Crippen molar-refractivity contribution in [2.24, 2.45) is 0 Å². The van der Waals surface area contributed by atoms with Gasteiger partial charge in [-0.3, -0.25) is 4.79 Å². The minimum absolute atomic E-state index is 0.00133. The zero-order chi connectivity index (χ0) is 15.4. The SMILES string of the molecule is CC(C)N(CCC(=O)O)C(=O)N(Cc1cccs1)C1CC1. The number of hydrogen-bond acceptors (Lipinski definition) is 3. The van der Waals surface area contributed by atoms with Crippen LogP contribution in [0.5, 0.6) is 0 Å². The Kier molecular flexibility index (Phi) is 5.22. The van der Waals surface area contributed by atoms with Crippen LogP contribution in [0.1, 0.15) is 38.0 Å². The summed E-state index contributed by atoms with van der Waals surface area (Å²) < 4.78 is 0. The van der Waals surface area contributed by atoms with Gasteiger partial charge in [-0.15, -0.1) is 11.3 Å². The molecule has 1 N–H and O–H groups in total. The number of carboxylic acid groups (broad SMARTS) is 1. The third kappa shape index (κ3) is 4.46. The number of carbonyl (C=O) groups is 2. The third-order valence-electron chi connectivity index (χ3n) is 3.58. The minimum atomic E-state index is -0.871. The predicted octanol–water partition coefficient (Wildman–Crippen LogP) is 3.02. The van der Waals surface area contributed by atoms with E-state index < -0.39 is 5.97 Å². The van der Waals surface area contributed by atoms with Crippen molar-refractivity contribution >= 4 is 23.3 Å². The van der Waals surface area contributed by atoms with E-state index in [-0.39, 0.29) is 25.0 Å². The second-order valence-electron chi connectivity index (χ2n) is 5.65. The molecular weight excluding hydrogens is 288 g/mol. The van der Waals surface area contributed by atoms with Crippen LogP contribution in [-0.4, -0.2) is 45.5 Å². The van der Waals surface area contributed by atoms with Gasteiger partial charge in [0.05, 0.1) is 13.0 Å². The van der Waals surface area contributed by atoms with E-state index in [2.05, 4.69) is 0 Å². The van der Waals surface area contributed by atoms with Gasteiger partial charge in [0.1, 0.15) is 0 Å². The summed E-state index contributed by atoms with van der Waals surface area (Å²) in [6.45, 7) is 4.74. The highest BCUT2D eigenvalue weighted by Crippen LogP contribution is 2.30. The smallest absolute Gasteiger partial charge is 0.320 e. The van der Waals surface area contributed by atoms with E-state index in [1.54, 1.807) is 16.2 Å². The van der Waals surface area contributed by atoms with Crippen molar-refractivity contribution in [1.82, 2.24) is 9.80 Å². The summed E-state index contributed by atoms with van der Waals surface area (Å²) in [6.07, 6.45) is 2.07. The van der Waals surface area contributed by atoms with Crippen molar-refractivity contribution in [1.29, 1.82) is 0 Å². The maximum absolute atomic E-state index is 12.8. The van der Waals surface area contributed by atoms with E-state index in [1.807, 2.05) is 36.3 Å². The van der Waals surface area contributed by atoms with Gasteiger partial charge in [-0.1, -0.05) is 6.07 Å². The molecule has 5 nitrogen and oxygen atoms in total. The van der Waals surface area contributed by atoms with E-state index >= 15 is 0 Å². The molecule has 21 heavy (non-hydrogen) atoms. The van der Waals surface area contributed by atoms with Crippen molar-refractivity contribution < 1.29 is 14.7 Å². The lowest BCUT2D eigenvalue weighted by molar-refractivity contribution is -0.137. The summed E-state index contributed by atoms with van der Waals surface area (Å²) in [7, 11) is 0. The monoisotopic (exact) mass is 310 g/mol. The van der Waals surface area contributed by atoms with Crippen LogP contribution in [0.4, 0.5) is 4.79 Å². The van der Waals surface area contributed by atoms with E-state index in [0.717, 1.165) is 17.7 Å². The van der Waals surface area contributed by atoms with E-state index in [9.17, 15) is 9.59 Å². The highest BCUT2D eigenvalue weighted by Gasteiger charge is 2.35. The predicted molar refractivity (Wildman–Crippen MR) is 82.4 cm³/mol. The van der Waals surface area contributed by atoms with E-state index in [0.29, 0.717) is 12.6 Å². The lowest BCUT2D eigenvalue weighted by Crippen LogP contribution is -2.47. The number of carbonyl (C=O) groups excluding carboxylic acids is 1. The number of aliphatic carboxylic acids is 1. The number of carboxylic acids is 1. The van der Waals surface area contributed by atoms with Crippen LogP contribution >= 0.6 is 11.3 Å². The Morgan fingerprint density at radius 2 is 2.14 bits per heavy atom. The van der Waals surface area contributed by atoms with Crippen molar-refractivity contribution in [3.8, 4) is 0 Å². The molecule has 1 aliphatic rings. The van der Waals surface area contributed by atoms with Crippen molar-refractivity contribution in [3.05, 3.63) is 22.4 Å². The van der Waals surface area contributed by atoms with Gasteiger partial charge < -0.3 is 14.9 Å². The number of urea groups is 1. The minimum Gasteiger partial charge on any atom is -0.481 e. The lowest BCUT2D eigenvalue weighted by Gasteiger charge is -2.33. The average Bonchev–Trinajstić information content (AvgIpc) is 3.12. The van der Waals surface area contributed by atoms with Gasteiger partial charge in [0.15, 0.2) is 0 Å². The summed E-state index contributed by atoms with van der Waals surface area (Å²) in [5.74, 6) is -0.871. The molecule has 2 rings (SSSR count). The average molecular weight is 310 g/mol. The molecule has 0 aromatic carbocycles. The Hall–Kier alpha value is -1.56. The summed E-state index contributed by atoms with van der Waals surface area (Å²) >= 11 is 1.65. The van der Waals surface area contributed by atoms with E-state index in [1.165, 1.54) is 0 Å². The van der Waals surface area contributed by atoms with Crippen molar-refractivity contribution in [2.45, 2.75) is 51.7 Å². The molecule has 0 radical (unpaired) electrons. The van der Waals surface area contributed by atoms with Crippen molar-refractivity contribution in [2.75, 3.05) is 6.54 Å². The third-order valence-corrected chi connectivity index (χ3v) is 4.44. The van der Waals surface area contributed by atoms with Gasteiger partial charge in [0.25, 0.3) is 0 Å². The quantitative estimate of drug-likeness (QED) is 0.842. The molecule has 0 saturated heterocycles. The fourth-order valence-electron chi connectivity index (χ4n) is 2.27. The molecule has 0 spiro atoms. The molecule has 1 saturated carbocycles. The standard InChI is InChI=1S/C15H22N2O3S/c1-11(2)16(8-7-14(18)19)15(20)17(12-5-6-12)10-13-4-3-9-21-13/h3-4,9,11-12H,5-8,10H2,1-2H3,(H,18,19). The first kappa shape index (κ1) is 15.8. The second-order valence-corrected chi connectivity index (χ2v) is 6.68. The molecule has 1 fully saturated rings. The number of nitrogens with zero attached hydrogens (tertiary/aromatic N) is 2. The topological polar surface area (TPSA) is 60.9 Å². The Balaban J connectivity index is 2.05. The first-order chi connectivity index (χ1) is 9.99. The largest absolute Gasteiger partial charge is 0.481 e. The first-order valence-corrected chi connectivity index (χ1v) is 8.18. The summed E-state index contributed by atoms with van der Waals surface area (Å²) in [6, 6.07) is 4.29. The Labute approximate surface area is 129 Å². The zero-order valence-electron chi connectivity index (χ0n) is 12.5. The summed E-state index contributed by atoms with van der Waals surface area (Å²) in [5.41, 5.74) is 0. The van der Waals surface area contributed by atoms with Crippen LogP contribution in [0.3, 0.4) is 0 Å². The zero-order valence-corrected chi connectivity index (χ0v) is 13.3.